The monoisotopic (exact) mass is 366 g/mol. The van der Waals surface area contributed by atoms with Crippen molar-refractivity contribution >= 4 is 11.8 Å². The van der Waals surface area contributed by atoms with Crippen LogP contribution < -0.4 is 10.6 Å². The van der Waals surface area contributed by atoms with E-state index in [1.807, 2.05) is 18.2 Å². The zero-order valence-corrected chi connectivity index (χ0v) is 15.6. The summed E-state index contributed by atoms with van der Waals surface area (Å²) < 4.78 is 0. The van der Waals surface area contributed by atoms with Gasteiger partial charge in [-0.05, 0) is 61.8 Å². The highest BCUT2D eigenvalue weighted by molar-refractivity contribution is 5.93. The quantitative estimate of drug-likeness (QED) is 0.823. The van der Waals surface area contributed by atoms with Gasteiger partial charge in [-0.3, -0.25) is 19.6 Å². The summed E-state index contributed by atoms with van der Waals surface area (Å²) in [5, 5.41) is 6.09. The Kier molecular flexibility index (Phi) is 6.52. The zero-order chi connectivity index (χ0) is 19.1. The van der Waals surface area contributed by atoms with Crippen LogP contribution >= 0.6 is 0 Å². The minimum atomic E-state index is -0.0742. The summed E-state index contributed by atoms with van der Waals surface area (Å²) in [5.74, 6) is 0.726. The summed E-state index contributed by atoms with van der Waals surface area (Å²) in [6.45, 7) is 2.23. The Labute approximate surface area is 159 Å². The first-order valence-electron chi connectivity index (χ1n) is 9.49. The Hall–Kier alpha value is -2.76. The smallest absolute Gasteiger partial charge is 0.252 e. The lowest BCUT2D eigenvalue weighted by Gasteiger charge is -2.34. The van der Waals surface area contributed by atoms with Crippen molar-refractivity contribution in [1.29, 1.82) is 0 Å². The van der Waals surface area contributed by atoms with Crippen LogP contribution in [-0.2, 0) is 4.79 Å². The normalized spacial score (nSPS) is 20.5. The molecule has 1 atom stereocenters. The largest absolute Gasteiger partial charge is 0.352 e. The Morgan fingerprint density at radius 1 is 1.11 bits per heavy atom. The molecule has 1 aliphatic rings. The van der Waals surface area contributed by atoms with Crippen LogP contribution in [0.15, 0.2) is 48.9 Å². The maximum Gasteiger partial charge on any atom is 0.252 e. The van der Waals surface area contributed by atoms with Crippen LogP contribution in [0.2, 0.25) is 0 Å². The molecule has 2 aromatic rings. The van der Waals surface area contributed by atoms with Gasteiger partial charge >= 0.3 is 0 Å². The Balaban J connectivity index is 1.52. The number of nitrogens with one attached hydrogen (secondary N) is 2. The van der Waals surface area contributed by atoms with E-state index in [0.29, 0.717) is 23.9 Å². The van der Waals surface area contributed by atoms with Crippen molar-refractivity contribution in [3.8, 4) is 0 Å². The maximum atomic E-state index is 12.2. The van der Waals surface area contributed by atoms with E-state index in [9.17, 15) is 9.59 Å². The zero-order valence-electron chi connectivity index (χ0n) is 15.6. The molecule has 6 heteroatoms. The van der Waals surface area contributed by atoms with E-state index in [1.54, 1.807) is 37.6 Å². The summed E-state index contributed by atoms with van der Waals surface area (Å²) in [6.07, 6.45) is 9.08. The minimum Gasteiger partial charge on any atom is -0.352 e. The Morgan fingerprint density at radius 2 is 1.93 bits per heavy atom. The van der Waals surface area contributed by atoms with Crippen molar-refractivity contribution in [3.05, 3.63) is 60.2 Å². The molecule has 1 aliphatic carbocycles. The third kappa shape index (κ3) is 5.36. The summed E-state index contributed by atoms with van der Waals surface area (Å²) in [6, 6.07) is 9.30. The lowest BCUT2D eigenvalue weighted by molar-refractivity contribution is -0.120. The van der Waals surface area contributed by atoms with Gasteiger partial charge in [-0.15, -0.1) is 0 Å². The van der Waals surface area contributed by atoms with Gasteiger partial charge in [0.15, 0.2) is 0 Å². The van der Waals surface area contributed by atoms with E-state index in [0.717, 1.165) is 31.4 Å². The highest BCUT2D eigenvalue weighted by Crippen LogP contribution is 2.36. The molecule has 1 fully saturated rings. The van der Waals surface area contributed by atoms with Crippen molar-refractivity contribution in [2.24, 2.45) is 11.8 Å². The second kappa shape index (κ2) is 9.26. The number of aromatic nitrogens is 2. The number of pyridine rings is 2. The Morgan fingerprint density at radius 3 is 2.56 bits per heavy atom. The fourth-order valence-electron chi connectivity index (χ4n) is 3.77. The van der Waals surface area contributed by atoms with Crippen LogP contribution in [-0.4, -0.2) is 28.3 Å². The molecule has 0 radical (unpaired) electrons. The van der Waals surface area contributed by atoms with Gasteiger partial charge in [0.25, 0.3) is 5.91 Å². The topological polar surface area (TPSA) is 84.0 Å². The van der Waals surface area contributed by atoms with Gasteiger partial charge in [0.1, 0.15) is 0 Å². The summed E-state index contributed by atoms with van der Waals surface area (Å²) >= 11 is 0. The number of nitrogens with zero attached hydrogens (tertiary/aromatic N) is 2. The lowest BCUT2D eigenvalue weighted by atomic mass is 9.77. The molecule has 6 nitrogen and oxygen atoms in total. The molecule has 0 saturated heterocycles. The van der Waals surface area contributed by atoms with Crippen molar-refractivity contribution in [1.82, 2.24) is 20.6 Å². The molecule has 2 amide bonds. The fourth-order valence-corrected chi connectivity index (χ4v) is 3.77. The van der Waals surface area contributed by atoms with Crippen molar-refractivity contribution in [2.45, 2.75) is 38.6 Å². The van der Waals surface area contributed by atoms with Gasteiger partial charge in [0, 0.05) is 32.1 Å². The van der Waals surface area contributed by atoms with Gasteiger partial charge in [0.2, 0.25) is 5.91 Å². The molecule has 0 unspecified atom stereocenters. The van der Waals surface area contributed by atoms with E-state index < -0.39 is 0 Å². The van der Waals surface area contributed by atoms with Crippen LogP contribution in [0.4, 0.5) is 0 Å². The number of carbonyl (C=O) groups excluding carboxylic acids is 2. The van der Waals surface area contributed by atoms with E-state index in [4.69, 9.17) is 0 Å². The first-order chi connectivity index (χ1) is 13.1. The maximum absolute atomic E-state index is 12.2. The number of rotatable bonds is 6. The van der Waals surface area contributed by atoms with Gasteiger partial charge in [-0.25, -0.2) is 0 Å². The average molecular weight is 366 g/mol. The van der Waals surface area contributed by atoms with Gasteiger partial charge < -0.3 is 10.6 Å². The van der Waals surface area contributed by atoms with Crippen molar-refractivity contribution < 1.29 is 9.59 Å². The molecule has 0 aliphatic heterocycles. The van der Waals surface area contributed by atoms with Crippen LogP contribution in [0.1, 0.15) is 54.7 Å². The van der Waals surface area contributed by atoms with E-state index in [1.165, 1.54) is 0 Å². The molecule has 0 bridgehead atoms. The predicted molar refractivity (Wildman–Crippen MR) is 103 cm³/mol. The van der Waals surface area contributed by atoms with Crippen LogP contribution in [0.3, 0.4) is 0 Å². The number of hydrogen-bond acceptors (Lipinski definition) is 4. The number of carbonyl (C=O) groups is 2. The van der Waals surface area contributed by atoms with Crippen molar-refractivity contribution in [3.63, 3.8) is 0 Å². The van der Waals surface area contributed by atoms with Crippen molar-refractivity contribution in [2.75, 3.05) is 6.54 Å². The van der Waals surface area contributed by atoms with Crippen LogP contribution in [0, 0.1) is 11.8 Å². The van der Waals surface area contributed by atoms with E-state index in [-0.39, 0.29) is 17.9 Å². The molecule has 2 heterocycles. The van der Waals surface area contributed by atoms with Gasteiger partial charge in [-0.2, -0.15) is 0 Å². The molecule has 0 aromatic carbocycles. The first kappa shape index (κ1) is 19.0. The van der Waals surface area contributed by atoms with Crippen LogP contribution in [0.5, 0.6) is 0 Å². The molecular weight excluding hydrogens is 340 g/mol. The highest BCUT2D eigenvalue weighted by atomic mass is 16.2. The molecule has 2 aromatic heterocycles. The Bertz CT molecular complexity index is 743. The lowest BCUT2D eigenvalue weighted by Crippen LogP contribution is -2.36. The van der Waals surface area contributed by atoms with Crippen LogP contribution in [0.25, 0.3) is 0 Å². The molecule has 3 rings (SSSR count). The third-order valence-corrected chi connectivity index (χ3v) is 5.20. The highest BCUT2D eigenvalue weighted by Gasteiger charge is 2.30. The molecular formula is C21H26N4O2. The van der Waals surface area contributed by atoms with Gasteiger partial charge in [-0.1, -0.05) is 6.07 Å². The minimum absolute atomic E-state index is 0.0310. The summed E-state index contributed by atoms with van der Waals surface area (Å²) in [5.41, 5.74) is 1.51. The number of hydrogen-bond donors (Lipinski definition) is 2. The average Bonchev–Trinajstić information content (AvgIpc) is 2.72. The summed E-state index contributed by atoms with van der Waals surface area (Å²) in [4.78, 5) is 32.2. The van der Waals surface area contributed by atoms with E-state index >= 15 is 0 Å². The van der Waals surface area contributed by atoms with E-state index in [2.05, 4.69) is 20.6 Å². The standard InChI is InChI=1S/C21H26N4O2/c1-15(26)25-20(19-6-2-3-12-23-19)17-9-7-16(8-10-17)13-24-21(27)18-5-4-11-22-14-18/h2-6,11-12,14,16-17,20H,7-10,13H2,1H3,(H,24,27)(H,25,26)/t16?,17?,20-/m0/s1. The first-order valence-corrected chi connectivity index (χ1v) is 9.49. The predicted octanol–water partition coefficient (Wildman–Crippen LogP) is 2.89. The molecule has 1 saturated carbocycles. The number of amides is 2. The third-order valence-electron chi connectivity index (χ3n) is 5.20. The second-order valence-corrected chi connectivity index (χ2v) is 7.17. The van der Waals surface area contributed by atoms with Gasteiger partial charge in [0.05, 0.1) is 17.3 Å². The second-order valence-electron chi connectivity index (χ2n) is 7.17. The molecule has 2 N–H and O–H groups in total. The molecule has 27 heavy (non-hydrogen) atoms. The fraction of sp³-hybridized carbons (Fsp3) is 0.429. The molecule has 142 valence electrons. The molecule has 0 spiro atoms. The SMILES string of the molecule is CC(=O)N[C@H](c1ccccn1)C1CCC(CNC(=O)c2cccnc2)CC1. The summed E-state index contributed by atoms with van der Waals surface area (Å²) in [7, 11) is 0.